The van der Waals surface area contributed by atoms with E-state index in [1.165, 1.54) is 18.2 Å². The van der Waals surface area contributed by atoms with Gasteiger partial charge in [-0.15, -0.1) is 0 Å². The number of nitrogens with zero attached hydrogens (tertiary/aromatic N) is 1. The maximum absolute atomic E-state index is 12.4. The van der Waals surface area contributed by atoms with Crippen molar-refractivity contribution in [1.82, 2.24) is 0 Å². The van der Waals surface area contributed by atoms with Crippen molar-refractivity contribution in [3.8, 4) is 5.75 Å². The molecule has 124 valence electrons. The zero-order valence-electron chi connectivity index (χ0n) is 12.9. The number of anilines is 1. The Labute approximate surface area is 143 Å². The fourth-order valence-electron chi connectivity index (χ4n) is 1.95. The average Bonchev–Trinajstić information content (AvgIpc) is 2.52. The van der Waals surface area contributed by atoms with E-state index in [1.54, 1.807) is 24.3 Å². The number of hydrogen-bond donors (Lipinski definition) is 1. The maximum Gasteiger partial charge on any atom is 0.283 e. The minimum Gasteiger partial charge on any atom is -0.489 e. The van der Waals surface area contributed by atoms with E-state index in [9.17, 15) is 14.9 Å². The van der Waals surface area contributed by atoms with Crippen LogP contribution in [0.15, 0.2) is 54.6 Å². The molecule has 0 radical (unpaired) electrons. The van der Waals surface area contributed by atoms with E-state index >= 15 is 0 Å². The SMILES string of the molecule is C=C(C)COc1cccc(NC(=O)c2c(Cl)cccc2[N+](=O)[O-])c1. The minimum atomic E-state index is -0.663. The molecular formula is C17H15ClN2O4. The van der Waals surface area contributed by atoms with Gasteiger partial charge >= 0.3 is 0 Å². The van der Waals surface area contributed by atoms with Gasteiger partial charge in [0, 0.05) is 17.8 Å². The molecule has 1 amide bonds. The van der Waals surface area contributed by atoms with Crippen LogP contribution in [0.3, 0.4) is 0 Å². The number of carbonyl (C=O) groups is 1. The molecule has 0 aromatic heterocycles. The summed E-state index contributed by atoms with van der Waals surface area (Å²) in [4.78, 5) is 22.8. The number of hydrogen-bond acceptors (Lipinski definition) is 4. The number of amides is 1. The summed E-state index contributed by atoms with van der Waals surface area (Å²) >= 11 is 5.95. The lowest BCUT2D eigenvalue weighted by molar-refractivity contribution is -0.385. The lowest BCUT2D eigenvalue weighted by atomic mass is 10.1. The van der Waals surface area contributed by atoms with Gasteiger partial charge < -0.3 is 10.1 Å². The molecule has 2 aromatic rings. The molecule has 1 N–H and O–H groups in total. The van der Waals surface area contributed by atoms with Gasteiger partial charge in [-0.05, 0) is 30.7 Å². The van der Waals surface area contributed by atoms with Gasteiger partial charge in [0.05, 0.1) is 9.95 Å². The Morgan fingerprint density at radius 1 is 1.33 bits per heavy atom. The summed E-state index contributed by atoms with van der Waals surface area (Å²) in [5, 5.41) is 13.7. The van der Waals surface area contributed by atoms with Gasteiger partial charge in [-0.2, -0.15) is 0 Å². The smallest absolute Gasteiger partial charge is 0.283 e. The molecule has 6 nitrogen and oxygen atoms in total. The average molecular weight is 347 g/mol. The molecule has 0 heterocycles. The highest BCUT2D eigenvalue weighted by molar-refractivity contribution is 6.35. The third kappa shape index (κ3) is 4.33. The molecule has 0 saturated heterocycles. The van der Waals surface area contributed by atoms with Gasteiger partial charge in [0.2, 0.25) is 0 Å². The minimum absolute atomic E-state index is 0.0105. The monoisotopic (exact) mass is 346 g/mol. The van der Waals surface area contributed by atoms with Gasteiger partial charge in [0.15, 0.2) is 0 Å². The number of nitro benzene ring substituents is 1. The molecule has 24 heavy (non-hydrogen) atoms. The van der Waals surface area contributed by atoms with Crippen LogP contribution in [0.2, 0.25) is 5.02 Å². The second-order valence-electron chi connectivity index (χ2n) is 5.12. The normalized spacial score (nSPS) is 10.1. The van der Waals surface area contributed by atoms with Crippen molar-refractivity contribution < 1.29 is 14.5 Å². The first kappa shape index (κ1) is 17.5. The number of halogens is 1. The molecule has 0 aliphatic heterocycles. The summed E-state index contributed by atoms with van der Waals surface area (Å²) in [6, 6.07) is 10.8. The molecule has 0 aliphatic carbocycles. The van der Waals surface area contributed by atoms with E-state index in [1.807, 2.05) is 6.92 Å². The largest absolute Gasteiger partial charge is 0.489 e. The zero-order valence-corrected chi connectivity index (χ0v) is 13.7. The van der Waals surface area contributed by atoms with E-state index in [0.29, 0.717) is 18.0 Å². The van der Waals surface area contributed by atoms with Gasteiger partial charge in [0.1, 0.15) is 17.9 Å². The molecule has 0 saturated carbocycles. The van der Waals surface area contributed by atoms with Gasteiger partial charge in [-0.1, -0.05) is 30.3 Å². The summed E-state index contributed by atoms with van der Waals surface area (Å²) in [7, 11) is 0. The van der Waals surface area contributed by atoms with Crippen LogP contribution in [0.5, 0.6) is 5.75 Å². The Morgan fingerprint density at radius 3 is 2.71 bits per heavy atom. The third-order valence-electron chi connectivity index (χ3n) is 2.99. The van der Waals surface area contributed by atoms with Gasteiger partial charge in [0.25, 0.3) is 11.6 Å². The summed E-state index contributed by atoms with van der Waals surface area (Å²) in [5.41, 5.74) is 0.761. The van der Waals surface area contributed by atoms with Crippen molar-refractivity contribution in [1.29, 1.82) is 0 Å². The van der Waals surface area contributed by atoms with Gasteiger partial charge in [-0.3, -0.25) is 14.9 Å². The van der Waals surface area contributed by atoms with Crippen LogP contribution in [0, 0.1) is 10.1 Å². The summed E-state index contributed by atoms with van der Waals surface area (Å²) in [5.74, 6) is -0.117. The first-order valence-electron chi connectivity index (χ1n) is 7.00. The van der Waals surface area contributed by atoms with Crippen molar-refractivity contribution in [2.45, 2.75) is 6.92 Å². The number of carbonyl (C=O) groups excluding carboxylic acids is 1. The van der Waals surface area contributed by atoms with Crippen molar-refractivity contribution in [3.63, 3.8) is 0 Å². The molecule has 7 heteroatoms. The Bertz CT molecular complexity index is 805. The molecular weight excluding hydrogens is 332 g/mol. The van der Waals surface area contributed by atoms with Gasteiger partial charge in [-0.25, -0.2) is 0 Å². The second kappa shape index (κ2) is 7.61. The molecule has 0 aliphatic rings. The molecule has 0 unspecified atom stereocenters. The Morgan fingerprint density at radius 2 is 2.04 bits per heavy atom. The summed E-state index contributed by atoms with van der Waals surface area (Å²) in [6.45, 7) is 5.93. The van der Waals surface area contributed by atoms with Crippen LogP contribution >= 0.6 is 11.6 Å². The van der Waals surface area contributed by atoms with E-state index < -0.39 is 10.8 Å². The van der Waals surface area contributed by atoms with Crippen molar-refractivity contribution in [2.75, 3.05) is 11.9 Å². The molecule has 0 atom stereocenters. The Kier molecular flexibility index (Phi) is 5.55. The highest BCUT2D eigenvalue weighted by Gasteiger charge is 2.23. The van der Waals surface area contributed by atoms with Crippen molar-refractivity contribution in [2.24, 2.45) is 0 Å². The fraction of sp³-hybridized carbons (Fsp3) is 0.118. The third-order valence-corrected chi connectivity index (χ3v) is 3.31. The van der Waals surface area contributed by atoms with Crippen LogP contribution in [0.25, 0.3) is 0 Å². The Balaban J connectivity index is 2.23. The van der Waals surface area contributed by atoms with E-state index in [0.717, 1.165) is 5.57 Å². The summed E-state index contributed by atoms with van der Waals surface area (Å²) in [6.07, 6.45) is 0. The molecule has 2 rings (SSSR count). The number of ether oxygens (including phenoxy) is 1. The fourth-order valence-corrected chi connectivity index (χ4v) is 2.21. The van der Waals surface area contributed by atoms with E-state index in [2.05, 4.69) is 11.9 Å². The summed E-state index contributed by atoms with van der Waals surface area (Å²) < 4.78 is 5.50. The highest BCUT2D eigenvalue weighted by atomic mass is 35.5. The quantitative estimate of drug-likeness (QED) is 0.475. The number of nitro groups is 1. The van der Waals surface area contributed by atoms with E-state index in [4.69, 9.17) is 16.3 Å². The first-order chi connectivity index (χ1) is 11.4. The molecule has 0 bridgehead atoms. The van der Waals surface area contributed by atoms with Crippen molar-refractivity contribution in [3.05, 3.63) is 75.3 Å². The Hall–Kier alpha value is -2.86. The first-order valence-corrected chi connectivity index (χ1v) is 7.38. The van der Waals surface area contributed by atoms with Crippen LogP contribution < -0.4 is 10.1 Å². The van der Waals surface area contributed by atoms with Crippen LogP contribution in [-0.2, 0) is 0 Å². The number of rotatable bonds is 6. The number of nitrogens with one attached hydrogen (secondary N) is 1. The van der Waals surface area contributed by atoms with Crippen LogP contribution in [0.4, 0.5) is 11.4 Å². The maximum atomic E-state index is 12.4. The lowest BCUT2D eigenvalue weighted by Gasteiger charge is -2.10. The predicted octanol–water partition coefficient (Wildman–Crippen LogP) is 4.46. The topological polar surface area (TPSA) is 81.5 Å². The molecule has 2 aromatic carbocycles. The molecule has 0 spiro atoms. The standard InChI is InChI=1S/C17H15ClN2O4/c1-11(2)10-24-13-6-3-5-12(9-13)19-17(21)16-14(18)7-4-8-15(16)20(22)23/h3-9H,1,10H2,2H3,(H,19,21). The number of benzene rings is 2. The lowest BCUT2D eigenvalue weighted by Crippen LogP contribution is -2.14. The predicted molar refractivity (Wildman–Crippen MR) is 92.8 cm³/mol. The highest BCUT2D eigenvalue weighted by Crippen LogP contribution is 2.27. The van der Waals surface area contributed by atoms with E-state index in [-0.39, 0.29) is 16.3 Å². The van der Waals surface area contributed by atoms with Crippen LogP contribution in [0.1, 0.15) is 17.3 Å². The van der Waals surface area contributed by atoms with Crippen molar-refractivity contribution >= 4 is 28.9 Å². The zero-order chi connectivity index (χ0) is 17.7. The molecule has 0 fully saturated rings. The van der Waals surface area contributed by atoms with Crippen LogP contribution in [-0.4, -0.2) is 17.4 Å². The second-order valence-corrected chi connectivity index (χ2v) is 5.53.